The second-order valence-corrected chi connectivity index (χ2v) is 4.77. The number of nitrogens with zero attached hydrogens (tertiary/aromatic N) is 2. The second kappa shape index (κ2) is 4.66. The van der Waals surface area contributed by atoms with Gasteiger partial charge in [-0.2, -0.15) is 9.78 Å². The molecule has 0 saturated carbocycles. The van der Waals surface area contributed by atoms with E-state index in [-0.39, 0.29) is 10.2 Å². The third-order valence-electron chi connectivity index (χ3n) is 2.01. The molecule has 1 heterocycles. The van der Waals surface area contributed by atoms with Crippen LogP contribution in [-0.4, -0.2) is 9.78 Å². The van der Waals surface area contributed by atoms with Crippen LogP contribution in [0, 0.1) is 11.6 Å². The van der Waals surface area contributed by atoms with Crippen molar-refractivity contribution in [1.29, 1.82) is 0 Å². The summed E-state index contributed by atoms with van der Waals surface area (Å²) in [4.78, 5) is 11.8. The average molecular weight is 366 g/mol. The molecule has 3 nitrogen and oxygen atoms in total. The maximum atomic E-state index is 13.5. The Morgan fingerprint density at radius 2 is 1.94 bits per heavy atom. The van der Waals surface area contributed by atoms with E-state index >= 15 is 0 Å². The summed E-state index contributed by atoms with van der Waals surface area (Å²) in [5.74, 6) is -1.57. The molecule has 1 aromatic heterocycles. The van der Waals surface area contributed by atoms with Gasteiger partial charge in [-0.1, -0.05) is 0 Å². The van der Waals surface area contributed by atoms with Crippen molar-refractivity contribution in [3.63, 3.8) is 0 Å². The number of halogens is 4. The van der Waals surface area contributed by atoms with Crippen LogP contribution in [0.1, 0.15) is 0 Å². The monoisotopic (exact) mass is 364 g/mol. The molecule has 17 heavy (non-hydrogen) atoms. The zero-order chi connectivity index (χ0) is 12.6. The molecule has 0 N–H and O–H groups in total. The molecule has 0 aliphatic carbocycles. The number of hydrogen-bond acceptors (Lipinski definition) is 2. The third kappa shape index (κ3) is 2.30. The van der Waals surface area contributed by atoms with Crippen molar-refractivity contribution in [3.8, 4) is 5.69 Å². The van der Waals surface area contributed by atoms with Crippen LogP contribution < -0.4 is 5.56 Å². The Hall–Kier alpha value is -1.08. The Bertz CT molecular complexity index is 643. The zero-order valence-electron chi connectivity index (χ0n) is 8.12. The molecule has 88 valence electrons. The Balaban J connectivity index is 2.70. The standard InChI is InChI=1S/C10H4Br2F2N2O/c11-6-4-15-16(10(17)9(6)12)8-2-1-5(13)3-7(8)14/h1-4H. The van der Waals surface area contributed by atoms with Crippen LogP contribution in [0.15, 0.2) is 38.1 Å². The van der Waals surface area contributed by atoms with Crippen LogP contribution in [-0.2, 0) is 0 Å². The van der Waals surface area contributed by atoms with Crippen molar-refractivity contribution in [2.45, 2.75) is 0 Å². The molecular weight excluding hydrogens is 362 g/mol. The van der Waals surface area contributed by atoms with Gasteiger partial charge in [0.1, 0.15) is 16.0 Å². The van der Waals surface area contributed by atoms with Crippen molar-refractivity contribution < 1.29 is 8.78 Å². The molecule has 0 aliphatic rings. The molecule has 7 heteroatoms. The highest BCUT2D eigenvalue weighted by atomic mass is 79.9. The summed E-state index contributed by atoms with van der Waals surface area (Å²) in [6.07, 6.45) is 1.34. The Kier molecular flexibility index (Phi) is 3.39. The van der Waals surface area contributed by atoms with Gasteiger partial charge in [-0.3, -0.25) is 4.79 Å². The topological polar surface area (TPSA) is 34.9 Å². The van der Waals surface area contributed by atoms with Crippen molar-refractivity contribution in [3.05, 3.63) is 55.3 Å². The van der Waals surface area contributed by atoms with Crippen molar-refractivity contribution in [2.24, 2.45) is 0 Å². The normalized spacial score (nSPS) is 10.6. The molecule has 0 spiro atoms. The molecule has 0 bridgehead atoms. The van der Waals surface area contributed by atoms with Gasteiger partial charge in [0.25, 0.3) is 5.56 Å². The first-order chi connectivity index (χ1) is 8.00. The highest BCUT2D eigenvalue weighted by Gasteiger charge is 2.12. The van der Waals surface area contributed by atoms with E-state index in [1.165, 1.54) is 6.20 Å². The summed E-state index contributed by atoms with van der Waals surface area (Å²) < 4.78 is 27.8. The third-order valence-corrected chi connectivity index (χ3v) is 3.91. The van der Waals surface area contributed by atoms with Crippen LogP contribution in [0.5, 0.6) is 0 Å². The van der Waals surface area contributed by atoms with E-state index in [1.807, 2.05) is 0 Å². The second-order valence-electron chi connectivity index (χ2n) is 3.12. The van der Waals surface area contributed by atoms with Crippen molar-refractivity contribution in [2.75, 3.05) is 0 Å². The Morgan fingerprint density at radius 1 is 1.24 bits per heavy atom. The van der Waals surface area contributed by atoms with Gasteiger partial charge in [0, 0.05) is 6.07 Å². The van der Waals surface area contributed by atoms with Gasteiger partial charge in [-0.25, -0.2) is 8.78 Å². The van der Waals surface area contributed by atoms with Crippen LogP contribution in [0.4, 0.5) is 8.78 Å². The van der Waals surface area contributed by atoms with Gasteiger partial charge in [0.2, 0.25) is 0 Å². The largest absolute Gasteiger partial charge is 0.287 e. The van der Waals surface area contributed by atoms with Gasteiger partial charge in [-0.15, -0.1) is 0 Å². The van der Waals surface area contributed by atoms with E-state index in [0.717, 1.165) is 16.8 Å². The summed E-state index contributed by atoms with van der Waals surface area (Å²) in [5.41, 5.74) is -0.644. The van der Waals surface area contributed by atoms with Gasteiger partial charge in [-0.05, 0) is 44.0 Å². The molecule has 0 saturated heterocycles. The molecule has 0 atom stereocenters. The maximum absolute atomic E-state index is 13.5. The lowest BCUT2D eigenvalue weighted by Gasteiger charge is -2.06. The number of benzene rings is 1. The quantitative estimate of drug-likeness (QED) is 0.778. The number of hydrogen-bond donors (Lipinski definition) is 0. The maximum Gasteiger partial charge on any atom is 0.287 e. The van der Waals surface area contributed by atoms with Crippen molar-refractivity contribution in [1.82, 2.24) is 9.78 Å². The lowest BCUT2D eigenvalue weighted by molar-refractivity contribution is 0.570. The summed E-state index contributed by atoms with van der Waals surface area (Å²) in [6, 6.07) is 2.90. The van der Waals surface area contributed by atoms with E-state index in [1.54, 1.807) is 0 Å². The van der Waals surface area contributed by atoms with E-state index in [2.05, 4.69) is 37.0 Å². The molecule has 1 aromatic carbocycles. The fourth-order valence-corrected chi connectivity index (χ4v) is 1.77. The molecular formula is C10H4Br2F2N2O. The predicted octanol–water partition coefficient (Wildman–Crippen LogP) is 3.04. The van der Waals surface area contributed by atoms with Crippen LogP contribution in [0.25, 0.3) is 5.69 Å². The fraction of sp³-hybridized carbons (Fsp3) is 0. The highest BCUT2D eigenvalue weighted by molar-refractivity contribution is 9.13. The number of rotatable bonds is 1. The number of aromatic nitrogens is 2. The van der Waals surface area contributed by atoms with Gasteiger partial charge >= 0.3 is 0 Å². The minimum atomic E-state index is -0.853. The lowest BCUT2D eigenvalue weighted by Crippen LogP contribution is -2.22. The molecule has 2 aromatic rings. The molecule has 0 radical (unpaired) electrons. The Labute approximate surface area is 111 Å². The van der Waals surface area contributed by atoms with E-state index < -0.39 is 17.2 Å². The first kappa shape index (κ1) is 12.4. The first-order valence-corrected chi connectivity index (χ1v) is 5.98. The summed E-state index contributed by atoms with van der Waals surface area (Å²) in [5, 5.41) is 3.76. The predicted molar refractivity (Wildman–Crippen MR) is 65.1 cm³/mol. The first-order valence-electron chi connectivity index (χ1n) is 4.39. The minimum Gasteiger partial charge on any atom is -0.266 e. The van der Waals surface area contributed by atoms with Crippen LogP contribution >= 0.6 is 31.9 Å². The molecule has 0 unspecified atom stereocenters. The smallest absolute Gasteiger partial charge is 0.266 e. The molecule has 2 rings (SSSR count). The van der Waals surface area contributed by atoms with Gasteiger partial charge < -0.3 is 0 Å². The van der Waals surface area contributed by atoms with E-state index in [9.17, 15) is 13.6 Å². The fourth-order valence-electron chi connectivity index (χ4n) is 1.24. The summed E-state index contributed by atoms with van der Waals surface area (Å²) in [7, 11) is 0. The highest BCUT2D eigenvalue weighted by Crippen LogP contribution is 2.18. The van der Waals surface area contributed by atoms with Crippen LogP contribution in [0.3, 0.4) is 0 Å². The molecule has 0 fully saturated rings. The Morgan fingerprint density at radius 3 is 2.59 bits per heavy atom. The summed E-state index contributed by atoms with van der Waals surface area (Å²) in [6.45, 7) is 0. The minimum absolute atomic E-state index is 0.107. The van der Waals surface area contributed by atoms with E-state index in [4.69, 9.17) is 0 Å². The zero-order valence-corrected chi connectivity index (χ0v) is 11.3. The SMILES string of the molecule is O=c1c(Br)c(Br)cnn1-c1ccc(F)cc1F. The molecule has 0 amide bonds. The average Bonchev–Trinajstić information content (AvgIpc) is 2.28. The molecule has 0 aliphatic heterocycles. The lowest BCUT2D eigenvalue weighted by atomic mass is 10.3. The van der Waals surface area contributed by atoms with E-state index in [0.29, 0.717) is 10.5 Å². The van der Waals surface area contributed by atoms with Crippen LogP contribution in [0.2, 0.25) is 0 Å². The van der Waals surface area contributed by atoms with Gasteiger partial charge in [0.15, 0.2) is 5.82 Å². The van der Waals surface area contributed by atoms with Gasteiger partial charge in [0.05, 0.1) is 10.7 Å². The summed E-state index contributed by atoms with van der Waals surface area (Å²) >= 11 is 6.16. The van der Waals surface area contributed by atoms with Crippen molar-refractivity contribution >= 4 is 31.9 Å².